The number of amidine groups is 1. The molecule has 0 aromatic carbocycles. The second-order valence-electron chi connectivity index (χ2n) is 4.80. The molecule has 0 radical (unpaired) electrons. The standard InChI is InChI=1S/C10H19N3O2/c1-10(2,3)7-8(11)12-9(14)13(7)5-6-15-4/h7H,5-6H2,1-4H3,(H2,11,12,14). The topological polar surface area (TPSA) is 65.4 Å². The van der Waals surface area contributed by atoms with Crippen LogP contribution in [0, 0.1) is 10.8 Å². The zero-order valence-corrected chi connectivity index (χ0v) is 9.76. The molecular formula is C10H19N3O2. The predicted molar refractivity (Wildman–Crippen MR) is 58.1 cm³/mol. The summed E-state index contributed by atoms with van der Waals surface area (Å²) in [7, 11) is 1.60. The third-order valence-corrected chi connectivity index (χ3v) is 2.44. The van der Waals surface area contributed by atoms with Gasteiger partial charge in [0.05, 0.1) is 12.6 Å². The first kappa shape index (κ1) is 12.0. The van der Waals surface area contributed by atoms with E-state index in [0.29, 0.717) is 13.2 Å². The van der Waals surface area contributed by atoms with Gasteiger partial charge in [-0.2, -0.15) is 0 Å². The molecule has 1 unspecified atom stereocenters. The molecule has 1 aliphatic heterocycles. The summed E-state index contributed by atoms with van der Waals surface area (Å²) in [6, 6.07) is -0.378. The summed E-state index contributed by atoms with van der Waals surface area (Å²) < 4.78 is 4.96. The highest BCUT2D eigenvalue weighted by molar-refractivity contribution is 6.06. The number of urea groups is 1. The van der Waals surface area contributed by atoms with Gasteiger partial charge in [0.1, 0.15) is 5.84 Å². The number of hydrogen-bond acceptors (Lipinski definition) is 3. The minimum absolute atomic E-state index is 0.135. The smallest absolute Gasteiger partial charge is 0.323 e. The molecule has 1 atom stereocenters. The summed E-state index contributed by atoms with van der Waals surface area (Å²) in [4.78, 5) is 13.2. The van der Waals surface area contributed by atoms with Gasteiger partial charge in [-0.1, -0.05) is 20.8 Å². The minimum atomic E-state index is -0.197. The molecule has 2 amide bonds. The predicted octanol–water partition coefficient (Wildman–Crippen LogP) is 1.05. The monoisotopic (exact) mass is 213 g/mol. The third kappa shape index (κ3) is 2.47. The van der Waals surface area contributed by atoms with E-state index in [2.05, 4.69) is 5.32 Å². The molecule has 1 saturated heterocycles. The van der Waals surface area contributed by atoms with Gasteiger partial charge in [0.25, 0.3) is 0 Å². The SMILES string of the molecule is COCCN1C(=O)NC(=N)C1C(C)(C)C. The Balaban J connectivity index is 2.81. The lowest BCUT2D eigenvalue weighted by atomic mass is 9.86. The lowest BCUT2D eigenvalue weighted by molar-refractivity contribution is 0.126. The number of methoxy groups -OCH3 is 1. The number of nitrogens with zero attached hydrogens (tertiary/aromatic N) is 1. The molecule has 0 aliphatic carbocycles. The van der Waals surface area contributed by atoms with E-state index in [-0.39, 0.29) is 23.3 Å². The van der Waals surface area contributed by atoms with Gasteiger partial charge >= 0.3 is 6.03 Å². The molecule has 0 spiro atoms. The Morgan fingerprint density at radius 2 is 2.13 bits per heavy atom. The molecule has 5 nitrogen and oxygen atoms in total. The van der Waals surface area contributed by atoms with Crippen LogP contribution in [0.1, 0.15) is 20.8 Å². The van der Waals surface area contributed by atoms with Crippen molar-refractivity contribution in [1.82, 2.24) is 10.2 Å². The lowest BCUT2D eigenvalue weighted by Crippen LogP contribution is -2.45. The quantitative estimate of drug-likeness (QED) is 0.736. The number of amides is 2. The van der Waals surface area contributed by atoms with Crippen molar-refractivity contribution in [3.8, 4) is 0 Å². The highest BCUT2D eigenvalue weighted by Gasteiger charge is 2.42. The van der Waals surface area contributed by atoms with Crippen molar-refractivity contribution in [2.75, 3.05) is 20.3 Å². The molecule has 15 heavy (non-hydrogen) atoms. The van der Waals surface area contributed by atoms with E-state index in [1.165, 1.54) is 0 Å². The van der Waals surface area contributed by atoms with Crippen LogP contribution in [-0.4, -0.2) is 43.1 Å². The highest BCUT2D eigenvalue weighted by Crippen LogP contribution is 2.27. The number of hydrogen-bond donors (Lipinski definition) is 2. The van der Waals surface area contributed by atoms with Gasteiger partial charge in [0.15, 0.2) is 0 Å². The molecule has 1 heterocycles. The number of carbonyl (C=O) groups excluding carboxylic acids is 1. The van der Waals surface area contributed by atoms with Gasteiger partial charge in [-0.3, -0.25) is 10.7 Å². The second kappa shape index (κ2) is 4.18. The fourth-order valence-electron chi connectivity index (χ4n) is 1.85. The van der Waals surface area contributed by atoms with Gasteiger partial charge in [0, 0.05) is 13.7 Å². The Hall–Kier alpha value is -1.10. The maximum atomic E-state index is 11.6. The fourth-order valence-corrected chi connectivity index (χ4v) is 1.85. The van der Waals surface area contributed by atoms with Crippen LogP contribution >= 0.6 is 0 Å². The van der Waals surface area contributed by atoms with Crippen molar-refractivity contribution in [3.05, 3.63) is 0 Å². The van der Waals surface area contributed by atoms with Gasteiger partial charge in [-0.05, 0) is 5.41 Å². The summed E-state index contributed by atoms with van der Waals surface area (Å²) in [5, 5.41) is 10.3. The molecule has 0 aromatic rings. The van der Waals surface area contributed by atoms with E-state index in [1.54, 1.807) is 12.0 Å². The number of ether oxygens (including phenoxy) is 1. The van der Waals surface area contributed by atoms with Gasteiger partial charge in [-0.25, -0.2) is 4.79 Å². The van der Waals surface area contributed by atoms with Crippen LogP contribution in [0.3, 0.4) is 0 Å². The van der Waals surface area contributed by atoms with Crippen molar-refractivity contribution < 1.29 is 9.53 Å². The van der Waals surface area contributed by atoms with Crippen LogP contribution in [0.15, 0.2) is 0 Å². The molecule has 0 aromatic heterocycles. The van der Waals surface area contributed by atoms with Crippen molar-refractivity contribution >= 4 is 11.9 Å². The van der Waals surface area contributed by atoms with Crippen molar-refractivity contribution in [3.63, 3.8) is 0 Å². The van der Waals surface area contributed by atoms with Crippen LogP contribution in [-0.2, 0) is 4.74 Å². The summed E-state index contributed by atoms with van der Waals surface area (Å²) in [6.07, 6.45) is 0. The average molecular weight is 213 g/mol. The molecule has 0 saturated carbocycles. The molecule has 1 rings (SSSR count). The average Bonchev–Trinajstić information content (AvgIpc) is 2.36. The van der Waals surface area contributed by atoms with E-state index in [9.17, 15) is 4.79 Å². The highest BCUT2D eigenvalue weighted by atomic mass is 16.5. The van der Waals surface area contributed by atoms with E-state index in [1.807, 2.05) is 20.8 Å². The zero-order valence-electron chi connectivity index (χ0n) is 9.76. The van der Waals surface area contributed by atoms with Crippen molar-refractivity contribution in [1.29, 1.82) is 5.41 Å². The molecule has 86 valence electrons. The third-order valence-electron chi connectivity index (χ3n) is 2.44. The van der Waals surface area contributed by atoms with Crippen molar-refractivity contribution in [2.24, 2.45) is 5.41 Å². The van der Waals surface area contributed by atoms with E-state index in [0.717, 1.165) is 0 Å². The zero-order chi connectivity index (χ0) is 11.6. The van der Waals surface area contributed by atoms with Crippen LogP contribution < -0.4 is 5.32 Å². The first-order chi connectivity index (χ1) is 6.88. The summed E-state index contributed by atoms with van der Waals surface area (Å²) >= 11 is 0. The summed E-state index contributed by atoms with van der Waals surface area (Å²) in [5.41, 5.74) is -0.135. The van der Waals surface area contributed by atoms with Crippen LogP contribution in [0.5, 0.6) is 0 Å². The van der Waals surface area contributed by atoms with E-state index < -0.39 is 0 Å². The Kier molecular flexibility index (Phi) is 3.34. The molecule has 1 fully saturated rings. The Labute approximate surface area is 90.3 Å². The molecule has 5 heteroatoms. The first-order valence-electron chi connectivity index (χ1n) is 5.03. The second-order valence-corrected chi connectivity index (χ2v) is 4.80. The van der Waals surface area contributed by atoms with Crippen molar-refractivity contribution in [2.45, 2.75) is 26.8 Å². The Bertz CT molecular complexity index is 270. The first-order valence-corrected chi connectivity index (χ1v) is 5.03. The van der Waals surface area contributed by atoms with E-state index >= 15 is 0 Å². The molecule has 0 bridgehead atoms. The van der Waals surface area contributed by atoms with Gasteiger partial charge in [0.2, 0.25) is 0 Å². The fraction of sp³-hybridized carbons (Fsp3) is 0.800. The normalized spacial score (nSPS) is 22.1. The molecule has 1 aliphatic rings. The van der Waals surface area contributed by atoms with Gasteiger partial charge < -0.3 is 9.64 Å². The Morgan fingerprint density at radius 1 is 1.53 bits per heavy atom. The number of carbonyl (C=O) groups is 1. The van der Waals surface area contributed by atoms with Crippen LogP contribution in [0.2, 0.25) is 0 Å². The Morgan fingerprint density at radius 3 is 2.60 bits per heavy atom. The van der Waals surface area contributed by atoms with Gasteiger partial charge in [-0.15, -0.1) is 0 Å². The molecule has 2 N–H and O–H groups in total. The minimum Gasteiger partial charge on any atom is -0.383 e. The number of rotatable bonds is 3. The maximum absolute atomic E-state index is 11.6. The van der Waals surface area contributed by atoms with Crippen LogP contribution in [0.4, 0.5) is 4.79 Å². The largest absolute Gasteiger partial charge is 0.383 e. The number of nitrogens with one attached hydrogen (secondary N) is 2. The van der Waals surface area contributed by atoms with E-state index in [4.69, 9.17) is 10.1 Å². The lowest BCUT2D eigenvalue weighted by Gasteiger charge is -2.32. The summed E-state index contributed by atoms with van der Waals surface area (Å²) in [5.74, 6) is 0.281. The molecular weight excluding hydrogens is 194 g/mol. The summed E-state index contributed by atoms with van der Waals surface area (Å²) in [6.45, 7) is 7.07. The maximum Gasteiger partial charge on any atom is 0.323 e. The van der Waals surface area contributed by atoms with Crippen LogP contribution in [0.25, 0.3) is 0 Å².